The highest BCUT2D eigenvalue weighted by Crippen LogP contribution is 2.36. The van der Waals surface area contributed by atoms with Crippen LogP contribution in [0.4, 0.5) is 0 Å². The van der Waals surface area contributed by atoms with Crippen LogP contribution in [0.5, 0.6) is 0 Å². The van der Waals surface area contributed by atoms with Gasteiger partial charge in [0.15, 0.2) is 0 Å². The van der Waals surface area contributed by atoms with Gasteiger partial charge in [0.2, 0.25) is 0 Å². The van der Waals surface area contributed by atoms with Gasteiger partial charge in [-0.3, -0.25) is 5.41 Å². The van der Waals surface area contributed by atoms with Crippen molar-refractivity contribution in [3.05, 3.63) is 70.2 Å². The number of hydrogen-bond donors (Lipinski definition) is 2. The lowest BCUT2D eigenvalue weighted by molar-refractivity contribution is 1.43. The molecule has 3 aromatic rings. The Hall–Kier alpha value is -1.81. The number of amidine groups is 1. The van der Waals surface area contributed by atoms with Crippen LogP contribution in [-0.4, -0.2) is 5.84 Å². The van der Waals surface area contributed by atoms with Gasteiger partial charge in [0.1, 0.15) is 5.84 Å². The molecule has 0 atom stereocenters. The number of hydrogen-bond acceptors (Lipinski definition) is 2. The molecule has 0 saturated carbocycles. The second-order valence-electron chi connectivity index (χ2n) is 4.81. The van der Waals surface area contributed by atoms with Gasteiger partial charge in [-0.25, -0.2) is 0 Å². The summed E-state index contributed by atoms with van der Waals surface area (Å²) in [5.41, 5.74) is 8.30. The average molecular weight is 347 g/mol. The van der Waals surface area contributed by atoms with Crippen molar-refractivity contribution in [2.24, 2.45) is 5.73 Å². The van der Waals surface area contributed by atoms with E-state index in [1.54, 1.807) is 17.4 Å². The predicted octanol–water partition coefficient (Wildman–Crippen LogP) is 5.67. The zero-order chi connectivity index (χ0) is 15.7. The van der Waals surface area contributed by atoms with Gasteiger partial charge >= 0.3 is 0 Å². The second kappa shape index (κ2) is 6.13. The normalized spacial score (nSPS) is 10.6. The van der Waals surface area contributed by atoms with Gasteiger partial charge in [0, 0.05) is 25.4 Å². The van der Waals surface area contributed by atoms with Crippen LogP contribution < -0.4 is 5.73 Å². The minimum absolute atomic E-state index is 0.0759. The monoisotopic (exact) mass is 346 g/mol. The van der Waals surface area contributed by atoms with Gasteiger partial charge < -0.3 is 5.73 Å². The Balaban J connectivity index is 1.94. The van der Waals surface area contributed by atoms with Crippen LogP contribution in [-0.2, 0) is 0 Å². The summed E-state index contributed by atoms with van der Waals surface area (Å²) in [7, 11) is 0. The van der Waals surface area contributed by atoms with Crippen molar-refractivity contribution in [1.82, 2.24) is 0 Å². The molecule has 0 spiro atoms. The van der Waals surface area contributed by atoms with E-state index in [9.17, 15) is 0 Å². The van der Waals surface area contributed by atoms with Crippen LogP contribution in [0, 0.1) is 5.41 Å². The van der Waals surface area contributed by atoms with Crippen molar-refractivity contribution < 1.29 is 0 Å². The first-order chi connectivity index (χ1) is 10.5. The first kappa shape index (κ1) is 15.1. The number of nitrogen functional groups attached to an aromatic ring is 1. The third-order valence-electron chi connectivity index (χ3n) is 3.23. The number of nitrogens with one attached hydrogen (secondary N) is 1. The van der Waals surface area contributed by atoms with Crippen molar-refractivity contribution in [1.29, 1.82) is 5.41 Å². The average Bonchev–Trinajstić information content (AvgIpc) is 2.96. The van der Waals surface area contributed by atoms with Crippen LogP contribution in [0.1, 0.15) is 5.56 Å². The maximum absolute atomic E-state index is 7.42. The fourth-order valence-corrected chi connectivity index (χ4v) is 3.68. The van der Waals surface area contributed by atoms with E-state index >= 15 is 0 Å². The van der Waals surface area contributed by atoms with Crippen molar-refractivity contribution in [3.63, 3.8) is 0 Å². The largest absolute Gasteiger partial charge is 0.384 e. The quantitative estimate of drug-likeness (QED) is 0.465. The van der Waals surface area contributed by atoms with Crippen LogP contribution >= 0.6 is 34.5 Å². The van der Waals surface area contributed by atoms with E-state index in [2.05, 4.69) is 12.1 Å². The maximum Gasteiger partial charge on any atom is 0.122 e. The van der Waals surface area contributed by atoms with Crippen LogP contribution in [0.15, 0.2) is 54.6 Å². The van der Waals surface area contributed by atoms with E-state index in [0.717, 1.165) is 26.4 Å². The topological polar surface area (TPSA) is 49.9 Å². The van der Waals surface area contributed by atoms with Gasteiger partial charge in [0.05, 0.1) is 0 Å². The zero-order valence-electron chi connectivity index (χ0n) is 11.4. The summed E-state index contributed by atoms with van der Waals surface area (Å²) in [5, 5.41) is 8.68. The molecule has 2 aromatic carbocycles. The van der Waals surface area contributed by atoms with E-state index in [0.29, 0.717) is 10.0 Å². The first-order valence-corrected chi connectivity index (χ1v) is 8.11. The number of nitrogens with two attached hydrogens (primary N) is 1. The Morgan fingerprint density at radius 3 is 1.91 bits per heavy atom. The number of halogens is 2. The summed E-state index contributed by atoms with van der Waals surface area (Å²) in [4.78, 5) is 2.25. The van der Waals surface area contributed by atoms with Gasteiger partial charge in [-0.05, 0) is 41.5 Å². The number of benzene rings is 2. The summed E-state index contributed by atoms with van der Waals surface area (Å²) in [5.74, 6) is 0.0759. The third kappa shape index (κ3) is 3.17. The van der Waals surface area contributed by atoms with E-state index < -0.39 is 0 Å². The number of thiophene rings is 1. The minimum atomic E-state index is 0.0759. The molecule has 0 aliphatic heterocycles. The summed E-state index contributed by atoms with van der Waals surface area (Å²) in [6.45, 7) is 0. The molecule has 3 N–H and O–H groups in total. The van der Waals surface area contributed by atoms with E-state index in [1.807, 2.05) is 36.4 Å². The smallest absolute Gasteiger partial charge is 0.122 e. The second-order valence-corrected chi connectivity index (χ2v) is 6.77. The van der Waals surface area contributed by atoms with Crippen LogP contribution in [0.25, 0.3) is 20.9 Å². The molecule has 110 valence electrons. The van der Waals surface area contributed by atoms with Crippen LogP contribution in [0.3, 0.4) is 0 Å². The predicted molar refractivity (Wildman–Crippen MR) is 96.2 cm³/mol. The Labute approximate surface area is 142 Å². The summed E-state index contributed by atoms with van der Waals surface area (Å²) in [6, 6.07) is 17.3. The van der Waals surface area contributed by atoms with E-state index in [4.69, 9.17) is 34.3 Å². The standard InChI is InChI=1S/C17H12Cl2N2S/c18-13-7-12(8-14(19)9-13)16-6-5-15(22-16)10-1-3-11(4-2-10)17(20)21/h1-9H,(H3,20,21). The third-order valence-corrected chi connectivity index (χ3v) is 4.85. The van der Waals surface area contributed by atoms with Gasteiger partial charge in [-0.2, -0.15) is 0 Å². The van der Waals surface area contributed by atoms with Crippen molar-refractivity contribution in [3.8, 4) is 20.9 Å². The lowest BCUT2D eigenvalue weighted by atomic mass is 10.1. The highest BCUT2D eigenvalue weighted by molar-refractivity contribution is 7.18. The molecule has 0 unspecified atom stereocenters. The highest BCUT2D eigenvalue weighted by atomic mass is 35.5. The molecule has 1 aromatic heterocycles. The fourth-order valence-electron chi connectivity index (χ4n) is 2.16. The molecule has 0 amide bonds. The first-order valence-electron chi connectivity index (χ1n) is 6.54. The summed E-state index contributed by atoms with van der Waals surface area (Å²) >= 11 is 13.8. The van der Waals surface area contributed by atoms with Gasteiger partial charge in [-0.1, -0.05) is 47.5 Å². The molecule has 3 rings (SSSR count). The van der Waals surface area contributed by atoms with E-state index in [-0.39, 0.29) is 5.84 Å². The van der Waals surface area contributed by atoms with Crippen molar-refractivity contribution in [2.75, 3.05) is 0 Å². The molecular weight excluding hydrogens is 335 g/mol. The highest BCUT2D eigenvalue weighted by Gasteiger charge is 2.07. The molecule has 2 nitrogen and oxygen atoms in total. The molecule has 0 aliphatic carbocycles. The van der Waals surface area contributed by atoms with Gasteiger partial charge in [-0.15, -0.1) is 11.3 Å². The molecule has 0 saturated heterocycles. The SMILES string of the molecule is N=C(N)c1ccc(-c2ccc(-c3cc(Cl)cc(Cl)c3)s2)cc1. The maximum atomic E-state index is 7.42. The van der Waals surface area contributed by atoms with Crippen LogP contribution in [0.2, 0.25) is 10.0 Å². The molecule has 0 fully saturated rings. The molecule has 1 heterocycles. The van der Waals surface area contributed by atoms with E-state index in [1.165, 1.54) is 0 Å². The van der Waals surface area contributed by atoms with Crippen molar-refractivity contribution in [2.45, 2.75) is 0 Å². The summed E-state index contributed by atoms with van der Waals surface area (Å²) < 4.78 is 0. The fraction of sp³-hybridized carbons (Fsp3) is 0. The Morgan fingerprint density at radius 1 is 0.818 bits per heavy atom. The Morgan fingerprint density at radius 2 is 1.36 bits per heavy atom. The summed E-state index contributed by atoms with van der Waals surface area (Å²) in [6.07, 6.45) is 0. The lowest BCUT2D eigenvalue weighted by Crippen LogP contribution is -2.10. The molecule has 22 heavy (non-hydrogen) atoms. The Bertz CT molecular complexity index is 818. The molecule has 0 aliphatic rings. The molecule has 0 bridgehead atoms. The lowest BCUT2D eigenvalue weighted by Gasteiger charge is -2.01. The molecule has 5 heteroatoms. The number of rotatable bonds is 3. The Kier molecular flexibility index (Phi) is 4.21. The minimum Gasteiger partial charge on any atom is -0.384 e. The molecular formula is C17H12Cl2N2S. The zero-order valence-corrected chi connectivity index (χ0v) is 13.8. The van der Waals surface area contributed by atoms with Crippen molar-refractivity contribution >= 4 is 40.4 Å². The molecule has 0 radical (unpaired) electrons. The van der Waals surface area contributed by atoms with Gasteiger partial charge in [0.25, 0.3) is 0 Å².